The molecule has 0 radical (unpaired) electrons. The molecule has 1 aliphatic carbocycles. The van der Waals surface area contributed by atoms with E-state index in [1.807, 2.05) is 6.92 Å². The maximum absolute atomic E-state index is 12.4. The Morgan fingerprint density at radius 2 is 2.00 bits per heavy atom. The Hall–Kier alpha value is -2.10. The predicted molar refractivity (Wildman–Crippen MR) is 93.4 cm³/mol. The van der Waals surface area contributed by atoms with Crippen molar-refractivity contribution >= 4 is 11.6 Å². The van der Waals surface area contributed by atoms with Gasteiger partial charge in [-0.05, 0) is 45.1 Å². The Kier molecular flexibility index (Phi) is 4.51. The second-order valence-corrected chi connectivity index (χ2v) is 6.79. The van der Waals surface area contributed by atoms with Crippen LogP contribution in [0.4, 0.5) is 5.69 Å². The van der Waals surface area contributed by atoms with Gasteiger partial charge in [0.25, 0.3) is 0 Å². The van der Waals surface area contributed by atoms with Crippen LogP contribution in [0, 0.1) is 26.7 Å². The number of nitrogens with one attached hydrogen (secondary N) is 2. The fourth-order valence-corrected chi connectivity index (χ4v) is 3.52. The second-order valence-electron chi connectivity index (χ2n) is 6.79. The molecule has 4 nitrogen and oxygen atoms in total. The quantitative estimate of drug-likeness (QED) is 0.872. The van der Waals surface area contributed by atoms with Crippen molar-refractivity contribution in [2.45, 2.75) is 52.9 Å². The van der Waals surface area contributed by atoms with Gasteiger partial charge in [0, 0.05) is 12.0 Å². The average molecular weight is 311 g/mol. The van der Waals surface area contributed by atoms with Crippen molar-refractivity contribution in [1.29, 1.82) is 0 Å². The van der Waals surface area contributed by atoms with Crippen LogP contribution in [-0.2, 0) is 4.79 Å². The van der Waals surface area contributed by atoms with Gasteiger partial charge < -0.3 is 5.32 Å². The SMILES string of the molecule is Cc1ccc(-c2n[nH]c(C)c2NC(=O)CC2CCCC2)c(C)c1. The zero-order valence-corrected chi connectivity index (χ0v) is 14.2. The highest BCUT2D eigenvalue weighted by atomic mass is 16.1. The van der Waals surface area contributed by atoms with Crippen LogP contribution in [0.25, 0.3) is 11.3 Å². The topological polar surface area (TPSA) is 57.8 Å². The number of aromatic nitrogens is 2. The maximum atomic E-state index is 12.4. The van der Waals surface area contributed by atoms with Gasteiger partial charge in [-0.25, -0.2) is 0 Å². The number of aryl methyl sites for hydroxylation is 3. The number of amides is 1. The molecular formula is C19H25N3O. The Bertz CT molecular complexity index is 711. The molecule has 0 aliphatic heterocycles. The minimum Gasteiger partial charge on any atom is -0.323 e. The molecule has 1 aliphatic rings. The van der Waals surface area contributed by atoms with E-state index in [4.69, 9.17) is 0 Å². The zero-order valence-electron chi connectivity index (χ0n) is 14.2. The van der Waals surface area contributed by atoms with E-state index >= 15 is 0 Å². The largest absolute Gasteiger partial charge is 0.323 e. The summed E-state index contributed by atoms with van der Waals surface area (Å²) in [5.74, 6) is 0.652. The normalized spacial score (nSPS) is 15.1. The van der Waals surface area contributed by atoms with Gasteiger partial charge in [0.2, 0.25) is 5.91 Å². The summed E-state index contributed by atoms with van der Waals surface area (Å²) in [5.41, 5.74) is 6.02. The molecule has 23 heavy (non-hydrogen) atoms. The fourth-order valence-electron chi connectivity index (χ4n) is 3.52. The van der Waals surface area contributed by atoms with E-state index in [1.165, 1.54) is 36.8 Å². The maximum Gasteiger partial charge on any atom is 0.224 e. The van der Waals surface area contributed by atoms with Crippen molar-refractivity contribution in [2.24, 2.45) is 5.92 Å². The van der Waals surface area contributed by atoms with Gasteiger partial charge in [-0.1, -0.05) is 36.6 Å². The number of carbonyl (C=O) groups excluding carboxylic acids is 1. The molecule has 2 aromatic rings. The number of aromatic amines is 1. The minimum atomic E-state index is 0.104. The molecule has 0 spiro atoms. The first-order chi connectivity index (χ1) is 11.0. The summed E-state index contributed by atoms with van der Waals surface area (Å²) < 4.78 is 0. The first-order valence-electron chi connectivity index (χ1n) is 8.47. The van der Waals surface area contributed by atoms with Gasteiger partial charge >= 0.3 is 0 Å². The third kappa shape index (κ3) is 3.46. The third-order valence-corrected chi connectivity index (χ3v) is 4.80. The zero-order chi connectivity index (χ0) is 16.4. The second kappa shape index (κ2) is 6.57. The number of hydrogen-bond acceptors (Lipinski definition) is 2. The predicted octanol–water partition coefficient (Wildman–Crippen LogP) is 4.52. The number of carbonyl (C=O) groups is 1. The van der Waals surface area contributed by atoms with E-state index in [9.17, 15) is 4.79 Å². The van der Waals surface area contributed by atoms with Gasteiger partial charge in [-0.3, -0.25) is 9.89 Å². The van der Waals surface area contributed by atoms with Crippen molar-refractivity contribution in [1.82, 2.24) is 10.2 Å². The van der Waals surface area contributed by atoms with Crippen LogP contribution in [0.1, 0.15) is 48.9 Å². The lowest BCUT2D eigenvalue weighted by molar-refractivity contribution is -0.117. The van der Waals surface area contributed by atoms with Crippen LogP contribution >= 0.6 is 0 Å². The molecule has 0 saturated heterocycles. The number of hydrogen-bond donors (Lipinski definition) is 2. The van der Waals surface area contributed by atoms with Crippen LogP contribution < -0.4 is 5.32 Å². The average Bonchev–Trinajstić information content (AvgIpc) is 3.11. The molecule has 4 heteroatoms. The monoisotopic (exact) mass is 311 g/mol. The number of anilines is 1. The summed E-state index contributed by atoms with van der Waals surface area (Å²) in [4.78, 5) is 12.4. The van der Waals surface area contributed by atoms with Crippen LogP contribution in [0.2, 0.25) is 0 Å². The molecule has 1 fully saturated rings. The molecule has 1 saturated carbocycles. The van der Waals surface area contributed by atoms with Crippen LogP contribution in [0.15, 0.2) is 18.2 Å². The van der Waals surface area contributed by atoms with Crippen LogP contribution in [-0.4, -0.2) is 16.1 Å². The summed E-state index contributed by atoms with van der Waals surface area (Å²) in [6, 6.07) is 6.30. The summed E-state index contributed by atoms with van der Waals surface area (Å²) in [5, 5.41) is 10.5. The van der Waals surface area contributed by atoms with Crippen LogP contribution in [0.3, 0.4) is 0 Å². The lowest BCUT2D eigenvalue weighted by Gasteiger charge is -2.11. The lowest BCUT2D eigenvalue weighted by Crippen LogP contribution is -2.16. The van der Waals surface area contributed by atoms with E-state index in [2.05, 4.69) is 47.6 Å². The number of nitrogens with zero attached hydrogens (tertiary/aromatic N) is 1. The molecule has 122 valence electrons. The summed E-state index contributed by atoms with van der Waals surface area (Å²) in [6.07, 6.45) is 5.51. The van der Waals surface area contributed by atoms with Gasteiger partial charge in [-0.15, -0.1) is 0 Å². The highest BCUT2D eigenvalue weighted by Gasteiger charge is 2.21. The van der Waals surface area contributed by atoms with Crippen molar-refractivity contribution in [3.63, 3.8) is 0 Å². The van der Waals surface area contributed by atoms with Crippen molar-refractivity contribution in [3.8, 4) is 11.3 Å². The highest BCUT2D eigenvalue weighted by Crippen LogP contribution is 2.32. The van der Waals surface area contributed by atoms with Crippen LogP contribution in [0.5, 0.6) is 0 Å². The Morgan fingerprint density at radius 1 is 1.26 bits per heavy atom. The highest BCUT2D eigenvalue weighted by molar-refractivity contribution is 5.95. The molecule has 1 aromatic heterocycles. The van der Waals surface area contributed by atoms with E-state index < -0.39 is 0 Å². The number of benzene rings is 1. The fraction of sp³-hybridized carbons (Fsp3) is 0.474. The smallest absolute Gasteiger partial charge is 0.224 e. The van der Waals surface area contributed by atoms with Gasteiger partial charge in [0.05, 0.1) is 11.4 Å². The van der Waals surface area contributed by atoms with Gasteiger partial charge in [0.15, 0.2) is 0 Å². The summed E-state index contributed by atoms with van der Waals surface area (Å²) in [6.45, 7) is 6.11. The Balaban J connectivity index is 1.82. The molecule has 0 unspecified atom stereocenters. The van der Waals surface area contributed by atoms with E-state index in [0.29, 0.717) is 12.3 Å². The Labute approximate surface area is 137 Å². The van der Waals surface area contributed by atoms with Crippen molar-refractivity contribution in [3.05, 3.63) is 35.0 Å². The molecular weight excluding hydrogens is 286 g/mol. The molecule has 0 bridgehead atoms. The molecule has 3 rings (SSSR count). The molecule has 0 atom stereocenters. The molecule has 1 heterocycles. The van der Waals surface area contributed by atoms with E-state index in [0.717, 1.165) is 22.6 Å². The van der Waals surface area contributed by atoms with Crippen molar-refractivity contribution < 1.29 is 4.79 Å². The first-order valence-corrected chi connectivity index (χ1v) is 8.47. The van der Waals surface area contributed by atoms with Gasteiger partial charge in [0.1, 0.15) is 5.69 Å². The van der Waals surface area contributed by atoms with E-state index in [-0.39, 0.29) is 5.91 Å². The van der Waals surface area contributed by atoms with Gasteiger partial charge in [-0.2, -0.15) is 5.10 Å². The lowest BCUT2D eigenvalue weighted by atomic mass is 10.0. The standard InChI is InChI=1S/C19H25N3O/c1-12-8-9-16(13(2)10-12)19-18(14(3)21-22-19)20-17(23)11-15-6-4-5-7-15/h8-10,15H,4-7,11H2,1-3H3,(H,20,23)(H,21,22). The summed E-state index contributed by atoms with van der Waals surface area (Å²) >= 11 is 0. The molecule has 1 aromatic carbocycles. The number of H-pyrrole nitrogens is 1. The third-order valence-electron chi connectivity index (χ3n) is 4.80. The van der Waals surface area contributed by atoms with Crippen molar-refractivity contribution in [2.75, 3.05) is 5.32 Å². The number of rotatable bonds is 4. The molecule has 2 N–H and O–H groups in total. The Morgan fingerprint density at radius 3 is 2.70 bits per heavy atom. The minimum absolute atomic E-state index is 0.104. The molecule has 1 amide bonds. The van der Waals surface area contributed by atoms with E-state index in [1.54, 1.807) is 0 Å². The first kappa shape index (κ1) is 15.8. The summed E-state index contributed by atoms with van der Waals surface area (Å²) in [7, 11) is 0.